The molecule has 1 N–H and O–H groups in total. The molecule has 1 aromatic rings. The summed E-state index contributed by atoms with van der Waals surface area (Å²) >= 11 is 0. The maximum Gasteiger partial charge on any atom is 0.0589 e. The molecule has 1 aliphatic heterocycles. The van der Waals surface area contributed by atoms with Crippen LogP contribution >= 0.6 is 12.4 Å². The Hall–Kier alpha value is -0.770. The molecule has 0 aromatic heterocycles. The van der Waals surface area contributed by atoms with E-state index in [1.165, 1.54) is 42.5 Å². The van der Waals surface area contributed by atoms with Crippen molar-refractivity contribution in [3.63, 3.8) is 0 Å². The minimum atomic E-state index is 0. The summed E-state index contributed by atoms with van der Waals surface area (Å²) < 4.78 is 5.33. The van der Waals surface area contributed by atoms with Gasteiger partial charge in [0.1, 0.15) is 0 Å². The highest BCUT2D eigenvalue weighted by Gasteiger charge is 2.27. The van der Waals surface area contributed by atoms with Gasteiger partial charge in [-0.15, -0.1) is 12.4 Å². The molecule has 2 aliphatic rings. The lowest BCUT2D eigenvalue weighted by Crippen LogP contribution is -2.35. The number of hydrogen-bond acceptors (Lipinski definition) is 3. The van der Waals surface area contributed by atoms with Crippen molar-refractivity contribution in [2.45, 2.75) is 45.2 Å². The van der Waals surface area contributed by atoms with Crippen LogP contribution in [0.15, 0.2) is 18.2 Å². The molecule has 1 saturated carbocycles. The molecule has 3 rings (SSSR count). The quantitative estimate of drug-likeness (QED) is 0.863. The van der Waals surface area contributed by atoms with Crippen molar-refractivity contribution in [1.29, 1.82) is 0 Å². The Morgan fingerprint density at radius 1 is 1.32 bits per heavy atom. The van der Waals surface area contributed by atoms with Crippen LogP contribution in [0.25, 0.3) is 0 Å². The number of nitrogens with zero attached hydrogens (tertiary/aromatic N) is 1. The molecule has 4 heteroatoms. The summed E-state index contributed by atoms with van der Waals surface area (Å²) in [6.45, 7) is 6.39. The van der Waals surface area contributed by atoms with Crippen molar-refractivity contribution in [2.24, 2.45) is 5.92 Å². The second kappa shape index (κ2) is 8.19. The largest absolute Gasteiger partial charge is 0.384 e. The third kappa shape index (κ3) is 3.95. The van der Waals surface area contributed by atoms with Gasteiger partial charge in [0.15, 0.2) is 0 Å². The lowest BCUT2D eigenvalue weighted by Gasteiger charge is -2.29. The number of para-hydroxylation sites is 1. The van der Waals surface area contributed by atoms with Gasteiger partial charge in [-0.2, -0.15) is 0 Å². The first-order valence-corrected chi connectivity index (χ1v) is 8.35. The van der Waals surface area contributed by atoms with Gasteiger partial charge in [0, 0.05) is 38.5 Å². The maximum absolute atomic E-state index is 5.33. The van der Waals surface area contributed by atoms with Crippen molar-refractivity contribution in [2.75, 3.05) is 32.1 Å². The van der Waals surface area contributed by atoms with Gasteiger partial charge in [0.2, 0.25) is 0 Å². The Morgan fingerprint density at radius 3 is 2.91 bits per heavy atom. The third-order valence-corrected chi connectivity index (χ3v) is 5.07. The van der Waals surface area contributed by atoms with E-state index in [1.54, 1.807) is 7.11 Å². The van der Waals surface area contributed by atoms with E-state index < -0.39 is 0 Å². The SMILES string of the molecule is COCCN(Cc1cccc2c1NCC2)C1CCC(C)C1.Cl. The van der Waals surface area contributed by atoms with Crippen LogP contribution in [-0.2, 0) is 17.7 Å². The van der Waals surface area contributed by atoms with E-state index in [4.69, 9.17) is 4.74 Å². The number of anilines is 1. The number of halogens is 1. The Bertz CT molecular complexity index is 480. The number of ether oxygens (including phenoxy) is 1. The van der Waals surface area contributed by atoms with E-state index in [0.29, 0.717) is 0 Å². The molecule has 0 bridgehead atoms. The number of methoxy groups -OCH3 is 1. The van der Waals surface area contributed by atoms with Crippen molar-refractivity contribution in [1.82, 2.24) is 4.90 Å². The van der Waals surface area contributed by atoms with Crippen molar-refractivity contribution in [3.05, 3.63) is 29.3 Å². The van der Waals surface area contributed by atoms with E-state index in [0.717, 1.165) is 38.2 Å². The molecule has 1 fully saturated rings. The molecule has 1 heterocycles. The summed E-state index contributed by atoms with van der Waals surface area (Å²) in [6.07, 6.45) is 5.22. The molecule has 2 atom stereocenters. The topological polar surface area (TPSA) is 24.5 Å². The van der Waals surface area contributed by atoms with E-state index in [-0.39, 0.29) is 12.4 Å². The fourth-order valence-electron chi connectivity index (χ4n) is 3.87. The Kier molecular flexibility index (Phi) is 6.54. The Balaban J connectivity index is 0.00000176. The average Bonchev–Trinajstić information content (AvgIpc) is 3.12. The van der Waals surface area contributed by atoms with Gasteiger partial charge in [0.25, 0.3) is 0 Å². The lowest BCUT2D eigenvalue weighted by atomic mass is 10.1. The number of rotatable bonds is 6. The molecule has 0 saturated heterocycles. The highest BCUT2D eigenvalue weighted by Crippen LogP contribution is 2.32. The van der Waals surface area contributed by atoms with Crippen molar-refractivity contribution >= 4 is 18.1 Å². The van der Waals surface area contributed by atoms with Crippen LogP contribution < -0.4 is 5.32 Å². The average molecular weight is 325 g/mol. The number of benzene rings is 1. The van der Waals surface area contributed by atoms with Crippen LogP contribution in [0.5, 0.6) is 0 Å². The van der Waals surface area contributed by atoms with Gasteiger partial charge >= 0.3 is 0 Å². The predicted molar refractivity (Wildman–Crippen MR) is 95.0 cm³/mol. The first-order chi connectivity index (χ1) is 10.3. The minimum absolute atomic E-state index is 0. The molecule has 0 spiro atoms. The second-order valence-electron chi connectivity index (χ2n) is 6.66. The molecule has 3 nitrogen and oxygen atoms in total. The van der Waals surface area contributed by atoms with Gasteiger partial charge in [-0.1, -0.05) is 25.1 Å². The number of fused-ring (bicyclic) bond motifs is 1. The lowest BCUT2D eigenvalue weighted by molar-refractivity contribution is 0.114. The maximum atomic E-state index is 5.33. The fourth-order valence-corrected chi connectivity index (χ4v) is 3.87. The van der Waals surface area contributed by atoms with Crippen LogP contribution in [0, 0.1) is 5.92 Å². The summed E-state index contributed by atoms with van der Waals surface area (Å²) in [5.41, 5.74) is 4.34. The van der Waals surface area contributed by atoms with Crippen LogP contribution in [0.2, 0.25) is 0 Å². The smallest absolute Gasteiger partial charge is 0.0589 e. The molecule has 22 heavy (non-hydrogen) atoms. The molecule has 1 aromatic carbocycles. The molecule has 2 unspecified atom stereocenters. The van der Waals surface area contributed by atoms with Gasteiger partial charge < -0.3 is 10.1 Å². The molecule has 0 radical (unpaired) electrons. The van der Waals surface area contributed by atoms with Crippen LogP contribution in [0.3, 0.4) is 0 Å². The third-order valence-electron chi connectivity index (χ3n) is 5.07. The van der Waals surface area contributed by atoms with Gasteiger partial charge in [-0.3, -0.25) is 4.90 Å². The van der Waals surface area contributed by atoms with E-state index in [1.807, 2.05) is 0 Å². The van der Waals surface area contributed by atoms with Crippen molar-refractivity contribution < 1.29 is 4.74 Å². The highest BCUT2D eigenvalue weighted by molar-refractivity contribution is 5.85. The summed E-state index contributed by atoms with van der Waals surface area (Å²) in [5.74, 6) is 0.875. The fraction of sp³-hybridized carbons (Fsp3) is 0.667. The van der Waals surface area contributed by atoms with Gasteiger partial charge in [0.05, 0.1) is 6.61 Å². The molecular weight excluding hydrogens is 296 g/mol. The molecular formula is C18H29ClN2O. The standard InChI is InChI=1S/C18H28N2O.ClH/c1-14-6-7-17(12-14)20(10-11-21-2)13-16-5-3-4-15-8-9-19-18(15)16;/h3-5,14,17,19H,6-13H2,1-2H3;1H. The van der Waals surface area contributed by atoms with Gasteiger partial charge in [-0.25, -0.2) is 0 Å². The molecule has 1 aliphatic carbocycles. The predicted octanol–water partition coefficient (Wildman–Crippen LogP) is 3.71. The van der Waals surface area contributed by atoms with Crippen molar-refractivity contribution in [3.8, 4) is 0 Å². The first kappa shape index (κ1) is 17.6. The summed E-state index contributed by atoms with van der Waals surface area (Å²) in [6, 6.07) is 7.49. The van der Waals surface area contributed by atoms with Crippen LogP contribution in [0.4, 0.5) is 5.69 Å². The van der Waals surface area contributed by atoms with Crippen LogP contribution in [0.1, 0.15) is 37.3 Å². The monoisotopic (exact) mass is 324 g/mol. The van der Waals surface area contributed by atoms with E-state index in [9.17, 15) is 0 Å². The summed E-state index contributed by atoms with van der Waals surface area (Å²) in [7, 11) is 1.80. The van der Waals surface area contributed by atoms with E-state index >= 15 is 0 Å². The number of nitrogens with one attached hydrogen (secondary N) is 1. The Labute approximate surface area is 140 Å². The zero-order chi connectivity index (χ0) is 14.7. The van der Waals surface area contributed by atoms with Gasteiger partial charge in [-0.05, 0) is 42.7 Å². The van der Waals surface area contributed by atoms with E-state index in [2.05, 4.69) is 35.3 Å². The normalized spacial score (nSPS) is 23.2. The zero-order valence-corrected chi connectivity index (χ0v) is 14.6. The first-order valence-electron chi connectivity index (χ1n) is 8.35. The number of hydrogen-bond donors (Lipinski definition) is 1. The zero-order valence-electron chi connectivity index (χ0n) is 13.8. The summed E-state index contributed by atoms with van der Waals surface area (Å²) in [4.78, 5) is 2.64. The minimum Gasteiger partial charge on any atom is -0.384 e. The molecule has 0 amide bonds. The second-order valence-corrected chi connectivity index (χ2v) is 6.66. The van der Waals surface area contributed by atoms with Crippen LogP contribution in [-0.4, -0.2) is 37.7 Å². The Morgan fingerprint density at radius 2 is 2.18 bits per heavy atom. The summed E-state index contributed by atoms with van der Waals surface area (Å²) in [5, 5.41) is 3.57. The molecule has 124 valence electrons. The highest BCUT2D eigenvalue weighted by atomic mass is 35.5.